The highest BCUT2D eigenvalue weighted by atomic mass is 16.1. The predicted molar refractivity (Wildman–Crippen MR) is 73.1 cm³/mol. The fourth-order valence-electron chi connectivity index (χ4n) is 2.57. The first-order chi connectivity index (χ1) is 8.66. The minimum absolute atomic E-state index is 0.107. The number of piperidine rings is 1. The average molecular weight is 246 g/mol. The van der Waals surface area contributed by atoms with Crippen molar-refractivity contribution in [2.24, 2.45) is 11.7 Å². The number of carbonyl (C=O) groups excluding carboxylic acids is 1. The number of hydrogen-bond donors (Lipinski definition) is 1. The van der Waals surface area contributed by atoms with E-state index in [1.54, 1.807) is 0 Å². The zero-order valence-electron chi connectivity index (χ0n) is 11.0. The second-order valence-corrected chi connectivity index (χ2v) is 5.18. The van der Waals surface area contributed by atoms with Crippen molar-refractivity contribution in [1.29, 1.82) is 0 Å². The molecule has 0 bridgehead atoms. The highest BCUT2D eigenvalue weighted by Crippen LogP contribution is 2.20. The number of carbonyl (C=O) groups is 1. The van der Waals surface area contributed by atoms with Gasteiger partial charge in [-0.1, -0.05) is 30.3 Å². The molecular weight excluding hydrogens is 224 g/mol. The van der Waals surface area contributed by atoms with Crippen LogP contribution in [0, 0.1) is 5.92 Å². The zero-order valence-corrected chi connectivity index (χ0v) is 11.0. The smallest absolute Gasteiger partial charge is 0.140 e. The molecule has 18 heavy (non-hydrogen) atoms. The Morgan fingerprint density at radius 3 is 2.50 bits per heavy atom. The van der Waals surface area contributed by atoms with Crippen LogP contribution in [-0.2, 0) is 11.2 Å². The maximum atomic E-state index is 12.2. The Hall–Kier alpha value is -1.19. The highest BCUT2D eigenvalue weighted by molar-refractivity contribution is 5.83. The molecule has 1 aromatic rings. The van der Waals surface area contributed by atoms with Gasteiger partial charge in [-0.15, -0.1) is 0 Å². The number of hydrogen-bond acceptors (Lipinski definition) is 3. The molecule has 1 atom stereocenters. The molecule has 0 amide bonds. The van der Waals surface area contributed by atoms with Gasteiger partial charge >= 0.3 is 0 Å². The average Bonchev–Trinajstić information content (AvgIpc) is 2.40. The van der Waals surface area contributed by atoms with Gasteiger partial charge in [-0.3, -0.25) is 9.69 Å². The Morgan fingerprint density at radius 1 is 1.33 bits per heavy atom. The normalized spacial score (nSPS) is 19.7. The summed E-state index contributed by atoms with van der Waals surface area (Å²) in [6, 6.07) is 10.0. The first kappa shape index (κ1) is 13.2. The minimum atomic E-state index is 0.107. The summed E-state index contributed by atoms with van der Waals surface area (Å²) >= 11 is 0. The van der Waals surface area contributed by atoms with Crippen LogP contribution in [0.1, 0.15) is 25.3 Å². The van der Waals surface area contributed by atoms with E-state index in [1.165, 1.54) is 0 Å². The van der Waals surface area contributed by atoms with E-state index in [0.29, 0.717) is 12.2 Å². The van der Waals surface area contributed by atoms with Crippen LogP contribution in [0.4, 0.5) is 0 Å². The first-order valence-electron chi connectivity index (χ1n) is 6.73. The molecule has 0 radical (unpaired) electrons. The van der Waals surface area contributed by atoms with Crippen molar-refractivity contribution in [3.05, 3.63) is 35.9 Å². The molecule has 2 rings (SSSR count). The molecular formula is C15H22N2O. The van der Waals surface area contributed by atoms with E-state index in [1.807, 2.05) is 37.3 Å². The summed E-state index contributed by atoms with van der Waals surface area (Å²) in [5.74, 6) is 0.603. The molecule has 1 fully saturated rings. The topological polar surface area (TPSA) is 46.3 Å². The maximum absolute atomic E-state index is 12.2. The van der Waals surface area contributed by atoms with Gasteiger partial charge in [0.1, 0.15) is 5.78 Å². The second-order valence-electron chi connectivity index (χ2n) is 5.18. The molecule has 0 aromatic heterocycles. The van der Waals surface area contributed by atoms with Gasteiger partial charge in [0.15, 0.2) is 0 Å². The van der Waals surface area contributed by atoms with Crippen LogP contribution in [0.15, 0.2) is 30.3 Å². The minimum Gasteiger partial charge on any atom is -0.316 e. The molecule has 0 saturated carbocycles. The summed E-state index contributed by atoms with van der Waals surface area (Å²) in [6.07, 6.45) is 2.58. The predicted octanol–water partition coefficient (Wildman–Crippen LogP) is 1.81. The third-order valence-corrected chi connectivity index (χ3v) is 3.78. The molecule has 2 N–H and O–H groups in total. The lowest BCUT2D eigenvalue weighted by Crippen LogP contribution is -2.45. The SMILES string of the molecule is CC(N)N1CCC(C(=O)Cc2ccccc2)CC1. The monoisotopic (exact) mass is 246 g/mol. The van der Waals surface area contributed by atoms with E-state index < -0.39 is 0 Å². The lowest BCUT2D eigenvalue weighted by atomic mass is 9.89. The number of nitrogens with two attached hydrogens (primary N) is 1. The molecule has 1 heterocycles. The quantitative estimate of drug-likeness (QED) is 0.881. The molecule has 3 heteroatoms. The fourth-order valence-corrected chi connectivity index (χ4v) is 2.57. The van der Waals surface area contributed by atoms with Gasteiger partial charge in [-0.25, -0.2) is 0 Å². The summed E-state index contributed by atoms with van der Waals surface area (Å²) < 4.78 is 0. The van der Waals surface area contributed by atoms with Gasteiger partial charge < -0.3 is 5.73 Å². The molecule has 1 aromatic carbocycles. The van der Waals surface area contributed by atoms with Gasteiger partial charge in [0.05, 0.1) is 6.17 Å². The van der Waals surface area contributed by atoms with Gasteiger partial charge in [0, 0.05) is 25.4 Å². The third kappa shape index (κ3) is 3.40. The van der Waals surface area contributed by atoms with Crippen LogP contribution in [0.2, 0.25) is 0 Å². The molecule has 0 aliphatic carbocycles. The second kappa shape index (κ2) is 6.12. The van der Waals surface area contributed by atoms with Crippen LogP contribution in [0.3, 0.4) is 0 Å². The van der Waals surface area contributed by atoms with E-state index in [9.17, 15) is 4.79 Å². The van der Waals surface area contributed by atoms with E-state index in [-0.39, 0.29) is 12.1 Å². The molecule has 98 valence electrons. The summed E-state index contributed by atoms with van der Waals surface area (Å²) in [5.41, 5.74) is 6.98. The van der Waals surface area contributed by atoms with Crippen molar-refractivity contribution in [3.8, 4) is 0 Å². The summed E-state index contributed by atoms with van der Waals surface area (Å²) in [7, 11) is 0. The molecule has 1 saturated heterocycles. The van der Waals surface area contributed by atoms with Crippen molar-refractivity contribution in [1.82, 2.24) is 4.90 Å². The number of benzene rings is 1. The fraction of sp³-hybridized carbons (Fsp3) is 0.533. The Balaban J connectivity index is 1.85. The van der Waals surface area contributed by atoms with Crippen LogP contribution in [0.5, 0.6) is 0 Å². The highest BCUT2D eigenvalue weighted by Gasteiger charge is 2.25. The molecule has 0 spiro atoms. The standard InChI is InChI=1S/C15H22N2O/c1-12(16)17-9-7-14(8-10-17)15(18)11-13-5-3-2-4-6-13/h2-6,12,14H,7-11,16H2,1H3. The number of Topliss-reactive ketones (excluding diaryl/α,β-unsaturated/α-hetero) is 1. The van der Waals surface area contributed by atoms with Gasteiger partial charge in [-0.05, 0) is 25.3 Å². The third-order valence-electron chi connectivity index (χ3n) is 3.78. The van der Waals surface area contributed by atoms with E-state index in [4.69, 9.17) is 5.73 Å². The Kier molecular flexibility index (Phi) is 4.50. The zero-order chi connectivity index (χ0) is 13.0. The van der Waals surface area contributed by atoms with Crippen LogP contribution in [-0.4, -0.2) is 29.9 Å². The molecule has 1 aliphatic heterocycles. The Bertz CT molecular complexity index is 381. The van der Waals surface area contributed by atoms with Gasteiger partial charge in [0.2, 0.25) is 0 Å². The van der Waals surface area contributed by atoms with Crippen LogP contribution < -0.4 is 5.73 Å². The van der Waals surface area contributed by atoms with E-state index in [2.05, 4.69) is 4.90 Å². The number of nitrogens with zero attached hydrogens (tertiary/aromatic N) is 1. The largest absolute Gasteiger partial charge is 0.316 e. The first-order valence-corrected chi connectivity index (χ1v) is 6.73. The number of likely N-dealkylation sites (tertiary alicyclic amines) is 1. The Morgan fingerprint density at radius 2 is 1.94 bits per heavy atom. The summed E-state index contributed by atoms with van der Waals surface area (Å²) in [4.78, 5) is 14.4. The summed E-state index contributed by atoms with van der Waals surface area (Å²) in [6.45, 7) is 3.90. The summed E-state index contributed by atoms with van der Waals surface area (Å²) in [5, 5.41) is 0. The van der Waals surface area contributed by atoms with Crippen molar-refractivity contribution in [2.45, 2.75) is 32.4 Å². The lowest BCUT2D eigenvalue weighted by molar-refractivity contribution is -0.123. The molecule has 1 aliphatic rings. The number of rotatable bonds is 4. The van der Waals surface area contributed by atoms with Crippen molar-refractivity contribution in [3.63, 3.8) is 0 Å². The van der Waals surface area contributed by atoms with E-state index in [0.717, 1.165) is 31.5 Å². The Labute approximate surface area is 109 Å². The van der Waals surface area contributed by atoms with Crippen molar-refractivity contribution >= 4 is 5.78 Å². The van der Waals surface area contributed by atoms with Gasteiger partial charge in [0.25, 0.3) is 0 Å². The van der Waals surface area contributed by atoms with Crippen LogP contribution >= 0.6 is 0 Å². The van der Waals surface area contributed by atoms with E-state index >= 15 is 0 Å². The van der Waals surface area contributed by atoms with Crippen LogP contribution in [0.25, 0.3) is 0 Å². The van der Waals surface area contributed by atoms with Crippen molar-refractivity contribution in [2.75, 3.05) is 13.1 Å². The van der Waals surface area contributed by atoms with Gasteiger partial charge in [-0.2, -0.15) is 0 Å². The van der Waals surface area contributed by atoms with Crippen molar-refractivity contribution < 1.29 is 4.79 Å². The lowest BCUT2D eigenvalue weighted by Gasteiger charge is -2.33. The molecule has 1 unspecified atom stereocenters. The molecule has 3 nitrogen and oxygen atoms in total. The maximum Gasteiger partial charge on any atom is 0.140 e. The number of ketones is 1.